The quantitative estimate of drug-likeness (QED) is 0.309. The van der Waals surface area contributed by atoms with Gasteiger partial charge in [-0.2, -0.15) is 13.5 Å². The molecule has 1 unspecified atom stereocenters. The monoisotopic (exact) mass is 552 g/mol. The van der Waals surface area contributed by atoms with E-state index in [1.165, 1.54) is 18.3 Å². The van der Waals surface area contributed by atoms with Crippen LogP contribution in [-0.2, 0) is 25.6 Å². The van der Waals surface area contributed by atoms with E-state index in [9.17, 15) is 18.3 Å². The van der Waals surface area contributed by atoms with Crippen molar-refractivity contribution in [3.8, 4) is 5.75 Å². The molecule has 1 aliphatic rings. The Morgan fingerprint density at radius 2 is 1.87 bits per heavy atom. The fourth-order valence-corrected chi connectivity index (χ4v) is 5.43. The fraction of sp³-hybridized carbons (Fsp3) is 0.296. The van der Waals surface area contributed by atoms with Crippen LogP contribution >= 0.6 is 0 Å². The number of rotatable bonds is 9. The molecule has 12 heteroatoms. The molecule has 0 saturated carbocycles. The Labute approximate surface area is 225 Å². The Hall–Kier alpha value is -4.00. The van der Waals surface area contributed by atoms with Crippen LogP contribution in [0.25, 0.3) is 11.0 Å². The van der Waals surface area contributed by atoms with E-state index in [-0.39, 0.29) is 30.2 Å². The maximum absolute atomic E-state index is 12.6. The van der Waals surface area contributed by atoms with Crippen LogP contribution in [0.4, 0.5) is 5.69 Å². The van der Waals surface area contributed by atoms with Gasteiger partial charge in [0.05, 0.1) is 55.1 Å². The SMILES string of the molecule is COc1ccc(Cn2ncc3c(N4CCOC(COS(=O)(=O)c5ccc(C)cc5)C4)c(C(=O)O)cnc32)cc1. The van der Waals surface area contributed by atoms with Gasteiger partial charge in [-0.1, -0.05) is 29.8 Å². The van der Waals surface area contributed by atoms with Gasteiger partial charge in [-0.05, 0) is 36.8 Å². The number of fused-ring (bicyclic) bond motifs is 1. The number of methoxy groups -OCH3 is 1. The topological polar surface area (TPSA) is 133 Å². The minimum absolute atomic E-state index is 0.0281. The highest BCUT2D eigenvalue weighted by atomic mass is 32.2. The molecule has 1 atom stereocenters. The molecule has 1 aliphatic heterocycles. The normalized spacial score (nSPS) is 15.9. The molecule has 1 N–H and O–H groups in total. The number of carbonyl (C=O) groups is 1. The van der Waals surface area contributed by atoms with Crippen LogP contribution in [0, 0.1) is 6.92 Å². The van der Waals surface area contributed by atoms with E-state index in [0.29, 0.717) is 29.8 Å². The van der Waals surface area contributed by atoms with Crippen LogP contribution in [0.5, 0.6) is 5.75 Å². The lowest BCUT2D eigenvalue weighted by atomic mass is 10.1. The maximum atomic E-state index is 12.6. The average molecular weight is 553 g/mol. The number of hydrogen-bond donors (Lipinski definition) is 1. The lowest BCUT2D eigenvalue weighted by Crippen LogP contribution is -2.45. The number of carboxylic acid groups (broad SMARTS) is 1. The van der Waals surface area contributed by atoms with Crippen molar-refractivity contribution < 1.29 is 32.0 Å². The summed E-state index contributed by atoms with van der Waals surface area (Å²) in [7, 11) is -2.37. The molecule has 2 aromatic carbocycles. The zero-order chi connectivity index (χ0) is 27.6. The number of pyridine rings is 1. The van der Waals surface area contributed by atoms with Gasteiger partial charge in [-0.3, -0.25) is 4.18 Å². The summed E-state index contributed by atoms with van der Waals surface area (Å²) in [5, 5.41) is 15.0. The van der Waals surface area contributed by atoms with Crippen molar-refractivity contribution in [2.24, 2.45) is 0 Å². The summed E-state index contributed by atoms with van der Waals surface area (Å²) in [5.74, 6) is -0.378. The third kappa shape index (κ3) is 5.72. The van der Waals surface area contributed by atoms with Gasteiger partial charge in [0.15, 0.2) is 5.65 Å². The van der Waals surface area contributed by atoms with Crippen LogP contribution in [0.1, 0.15) is 21.5 Å². The van der Waals surface area contributed by atoms with Gasteiger partial charge in [0.1, 0.15) is 11.3 Å². The summed E-state index contributed by atoms with van der Waals surface area (Å²) < 4.78 is 43.3. The van der Waals surface area contributed by atoms with Crippen molar-refractivity contribution in [2.45, 2.75) is 24.5 Å². The smallest absolute Gasteiger partial charge is 0.339 e. The van der Waals surface area contributed by atoms with Crippen molar-refractivity contribution >= 4 is 32.8 Å². The first-order valence-electron chi connectivity index (χ1n) is 12.3. The predicted octanol–water partition coefficient (Wildman–Crippen LogP) is 3.11. The largest absolute Gasteiger partial charge is 0.497 e. The highest BCUT2D eigenvalue weighted by Gasteiger charge is 2.29. The predicted molar refractivity (Wildman–Crippen MR) is 143 cm³/mol. The molecule has 5 rings (SSSR count). The number of hydrogen-bond acceptors (Lipinski definition) is 9. The number of anilines is 1. The first kappa shape index (κ1) is 26.6. The molecule has 1 saturated heterocycles. The van der Waals surface area contributed by atoms with Gasteiger partial charge in [-0.25, -0.2) is 14.5 Å². The fourth-order valence-electron chi connectivity index (χ4n) is 4.49. The van der Waals surface area contributed by atoms with Gasteiger partial charge in [0.2, 0.25) is 0 Å². The van der Waals surface area contributed by atoms with E-state index in [0.717, 1.165) is 16.9 Å². The van der Waals surface area contributed by atoms with Gasteiger partial charge in [-0.15, -0.1) is 0 Å². The molecule has 39 heavy (non-hydrogen) atoms. The standard InChI is InChI=1S/C27H28N4O7S/c1-18-3-9-22(10-4-18)39(34,35)38-17-21-16-30(11-12-37-21)25-23-14-29-31(26(23)28-13-24(25)27(32)33)15-19-5-7-20(36-2)8-6-19/h3-10,13-14,21H,11-12,15-17H2,1-2H3,(H,32,33). The Balaban J connectivity index is 1.38. The molecule has 4 aromatic rings. The lowest BCUT2D eigenvalue weighted by molar-refractivity contribution is 0.0117. The van der Waals surface area contributed by atoms with E-state index in [1.54, 1.807) is 30.1 Å². The Morgan fingerprint density at radius 1 is 1.13 bits per heavy atom. The Bertz CT molecular complexity index is 1590. The second kappa shape index (κ2) is 11.0. The lowest BCUT2D eigenvalue weighted by Gasteiger charge is -2.35. The van der Waals surface area contributed by atoms with Crippen LogP contribution in [0.2, 0.25) is 0 Å². The molecule has 0 bridgehead atoms. The molecule has 0 amide bonds. The molecular formula is C27H28N4O7S. The number of morpholine rings is 1. The summed E-state index contributed by atoms with van der Waals surface area (Å²) >= 11 is 0. The van der Waals surface area contributed by atoms with Crippen molar-refractivity contribution in [3.63, 3.8) is 0 Å². The summed E-state index contributed by atoms with van der Waals surface area (Å²) in [6.07, 6.45) is 2.34. The minimum Gasteiger partial charge on any atom is -0.497 e. The van der Waals surface area contributed by atoms with Gasteiger partial charge in [0, 0.05) is 19.3 Å². The van der Waals surface area contributed by atoms with Gasteiger partial charge >= 0.3 is 5.97 Å². The number of nitrogens with zero attached hydrogens (tertiary/aromatic N) is 4. The first-order valence-corrected chi connectivity index (χ1v) is 13.7. The van der Waals surface area contributed by atoms with Gasteiger partial charge < -0.3 is 19.5 Å². The number of aryl methyl sites for hydroxylation is 1. The van der Waals surface area contributed by atoms with Crippen LogP contribution in [0.3, 0.4) is 0 Å². The summed E-state index contributed by atoms with van der Waals surface area (Å²) in [5.41, 5.74) is 2.94. The van der Waals surface area contributed by atoms with E-state index in [1.807, 2.05) is 36.1 Å². The third-order valence-electron chi connectivity index (χ3n) is 6.53. The Morgan fingerprint density at radius 3 is 2.56 bits per heavy atom. The zero-order valence-corrected chi connectivity index (χ0v) is 22.3. The molecule has 0 aliphatic carbocycles. The average Bonchev–Trinajstić information content (AvgIpc) is 3.35. The van der Waals surface area contributed by atoms with E-state index >= 15 is 0 Å². The molecule has 0 radical (unpaired) electrons. The number of aromatic carboxylic acids is 1. The molecule has 11 nitrogen and oxygen atoms in total. The van der Waals surface area contributed by atoms with Crippen molar-refractivity contribution in [2.75, 3.05) is 38.3 Å². The molecule has 0 spiro atoms. The maximum Gasteiger partial charge on any atom is 0.339 e. The first-order chi connectivity index (χ1) is 18.7. The molecule has 204 valence electrons. The number of aromatic nitrogens is 3. The second-order valence-electron chi connectivity index (χ2n) is 9.20. The van der Waals surface area contributed by atoms with Crippen LogP contribution < -0.4 is 9.64 Å². The number of benzene rings is 2. The summed E-state index contributed by atoms with van der Waals surface area (Å²) in [4.78, 5) is 18.5. The van der Waals surface area contributed by atoms with Crippen molar-refractivity contribution in [1.29, 1.82) is 0 Å². The Kier molecular flexibility index (Phi) is 7.51. The van der Waals surface area contributed by atoms with Crippen LogP contribution in [0.15, 0.2) is 65.8 Å². The van der Waals surface area contributed by atoms with E-state index in [2.05, 4.69) is 10.1 Å². The van der Waals surface area contributed by atoms with E-state index < -0.39 is 22.2 Å². The van der Waals surface area contributed by atoms with Gasteiger partial charge in [0.25, 0.3) is 10.1 Å². The highest BCUT2D eigenvalue weighted by Crippen LogP contribution is 2.31. The van der Waals surface area contributed by atoms with Crippen LogP contribution in [-0.4, -0.2) is 73.8 Å². The van der Waals surface area contributed by atoms with E-state index in [4.69, 9.17) is 13.7 Å². The molecular weight excluding hydrogens is 524 g/mol. The number of carboxylic acids is 1. The summed E-state index contributed by atoms with van der Waals surface area (Å²) in [6.45, 7) is 2.99. The van der Waals surface area contributed by atoms with Crippen molar-refractivity contribution in [3.05, 3.63) is 77.6 Å². The second-order valence-corrected chi connectivity index (χ2v) is 10.8. The van der Waals surface area contributed by atoms with Crippen molar-refractivity contribution in [1.82, 2.24) is 14.8 Å². The minimum atomic E-state index is -3.97. The number of ether oxygens (including phenoxy) is 2. The zero-order valence-electron chi connectivity index (χ0n) is 21.5. The molecule has 2 aromatic heterocycles. The summed E-state index contributed by atoms with van der Waals surface area (Å²) in [6, 6.07) is 14.0. The molecule has 1 fully saturated rings. The molecule has 3 heterocycles. The third-order valence-corrected chi connectivity index (χ3v) is 7.83. The highest BCUT2D eigenvalue weighted by molar-refractivity contribution is 7.86.